The zero-order valence-electron chi connectivity index (χ0n) is 11.6. The van der Waals surface area contributed by atoms with Gasteiger partial charge in [-0.2, -0.15) is 8.78 Å². The van der Waals surface area contributed by atoms with Gasteiger partial charge in [0.2, 0.25) is 0 Å². The molecule has 0 bridgehead atoms. The molecule has 7 heteroatoms. The van der Waals surface area contributed by atoms with Crippen LogP contribution in [-0.4, -0.2) is 32.1 Å². The summed E-state index contributed by atoms with van der Waals surface area (Å²) in [6.45, 7) is 0.854. The third-order valence-corrected chi connectivity index (χ3v) is 2.79. The van der Waals surface area contributed by atoms with Crippen molar-refractivity contribution in [2.24, 2.45) is 0 Å². The predicted octanol–water partition coefficient (Wildman–Crippen LogP) is 3.78. The first-order valence-corrected chi connectivity index (χ1v) is 6.59. The zero-order chi connectivity index (χ0) is 15.9. The second-order valence-corrected chi connectivity index (χ2v) is 4.64. The lowest BCUT2D eigenvalue weighted by molar-refractivity contribution is -0.167. The van der Waals surface area contributed by atoms with Gasteiger partial charge >= 0.3 is 12.3 Å². The van der Waals surface area contributed by atoms with Crippen LogP contribution < -0.4 is 5.32 Å². The zero-order valence-corrected chi connectivity index (χ0v) is 11.6. The number of rotatable bonds is 9. The molecule has 1 rings (SSSR count). The van der Waals surface area contributed by atoms with Gasteiger partial charge in [0.15, 0.2) is 0 Å². The molecular formula is C14H18F5NO. The molecule has 1 aromatic carbocycles. The molecule has 21 heavy (non-hydrogen) atoms. The fourth-order valence-corrected chi connectivity index (χ4v) is 1.69. The van der Waals surface area contributed by atoms with E-state index in [4.69, 9.17) is 4.74 Å². The van der Waals surface area contributed by atoms with E-state index in [1.165, 1.54) is 18.2 Å². The Bertz CT molecular complexity index is 428. The summed E-state index contributed by atoms with van der Waals surface area (Å²) >= 11 is 0. The van der Waals surface area contributed by atoms with Crippen LogP contribution in [0.5, 0.6) is 0 Å². The van der Waals surface area contributed by atoms with E-state index < -0.39 is 30.8 Å². The van der Waals surface area contributed by atoms with Crippen LogP contribution in [0.2, 0.25) is 0 Å². The Balaban J connectivity index is 2.63. The van der Waals surface area contributed by atoms with Crippen LogP contribution in [0.1, 0.15) is 24.9 Å². The lowest BCUT2D eigenvalue weighted by atomic mass is 10.1. The van der Waals surface area contributed by atoms with Crippen molar-refractivity contribution in [1.82, 2.24) is 5.32 Å². The Hall–Kier alpha value is -1.21. The maximum Gasteiger partial charge on any atom is 0.330 e. The van der Waals surface area contributed by atoms with E-state index >= 15 is 0 Å². The smallest absolute Gasteiger partial charge is 0.330 e. The predicted molar refractivity (Wildman–Crippen MR) is 69.2 cm³/mol. The van der Waals surface area contributed by atoms with E-state index in [1.54, 1.807) is 6.07 Å². The van der Waals surface area contributed by atoms with E-state index in [9.17, 15) is 22.0 Å². The first kappa shape index (κ1) is 17.8. The Kier molecular flexibility index (Phi) is 7.04. The second-order valence-electron chi connectivity index (χ2n) is 4.64. The van der Waals surface area contributed by atoms with Gasteiger partial charge in [0.05, 0.1) is 12.6 Å². The highest BCUT2D eigenvalue weighted by atomic mass is 19.3. The van der Waals surface area contributed by atoms with Gasteiger partial charge in [-0.05, 0) is 30.7 Å². The van der Waals surface area contributed by atoms with E-state index in [2.05, 4.69) is 5.32 Å². The summed E-state index contributed by atoms with van der Waals surface area (Å²) in [5.41, 5.74) is 0.517. The van der Waals surface area contributed by atoms with Crippen LogP contribution in [0.15, 0.2) is 24.3 Å². The third kappa shape index (κ3) is 5.97. The molecule has 0 heterocycles. The molecule has 0 aromatic heterocycles. The van der Waals surface area contributed by atoms with Crippen molar-refractivity contribution in [3.05, 3.63) is 35.6 Å². The minimum Gasteiger partial charge on any atom is -0.373 e. The monoisotopic (exact) mass is 311 g/mol. The molecule has 0 saturated heterocycles. The van der Waals surface area contributed by atoms with Gasteiger partial charge in [-0.3, -0.25) is 0 Å². The summed E-state index contributed by atoms with van der Waals surface area (Å²) in [6, 6.07) is 5.08. The average molecular weight is 311 g/mol. The number of alkyl halides is 4. The highest BCUT2D eigenvalue weighted by molar-refractivity contribution is 5.20. The Morgan fingerprint density at radius 1 is 1.29 bits per heavy atom. The molecule has 0 radical (unpaired) electrons. The molecule has 0 amide bonds. The van der Waals surface area contributed by atoms with Gasteiger partial charge in [0.25, 0.3) is 0 Å². The molecule has 0 fully saturated rings. The summed E-state index contributed by atoms with van der Waals surface area (Å²) in [7, 11) is 0. The Morgan fingerprint density at radius 3 is 2.57 bits per heavy atom. The second kappa shape index (κ2) is 8.29. The maximum atomic E-state index is 13.2. The van der Waals surface area contributed by atoms with Crippen molar-refractivity contribution in [1.29, 1.82) is 0 Å². The topological polar surface area (TPSA) is 21.3 Å². The third-order valence-electron chi connectivity index (χ3n) is 2.79. The van der Waals surface area contributed by atoms with Crippen molar-refractivity contribution in [3.63, 3.8) is 0 Å². The normalized spacial score (nSPS) is 13.7. The fraction of sp³-hybridized carbons (Fsp3) is 0.571. The Labute approximate surface area is 120 Å². The van der Waals surface area contributed by atoms with Crippen molar-refractivity contribution in [2.45, 2.75) is 31.7 Å². The molecule has 0 spiro atoms. The number of benzene rings is 1. The van der Waals surface area contributed by atoms with Gasteiger partial charge in [0, 0.05) is 0 Å². The Morgan fingerprint density at radius 2 is 2.00 bits per heavy atom. The number of hydrogen-bond donors (Lipinski definition) is 1. The van der Waals surface area contributed by atoms with Crippen molar-refractivity contribution < 1.29 is 26.7 Å². The van der Waals surface area contributed by atoms with Crippen molar-refractivity contribution in [2.75, 3.05) is 19.8 Å². The van der Waals surface area contributed by atoms with Crippen LogP contribution in [0, 0.1) is 5.82 Å². The fourth-order valence-electron chi connectivity index (χ4n) is 1.69. The van der Waals surface area contributed by atoms with Crippen molar-refractivity contribution >= 4 is 0 Å². The molecule has 0 aliphatic heterocycles. The minimum absolute atomic E-state index is 0.244. The van der Waals surface area contributed by atoms with E-state index in [0.717, 1.165) is 6.42 Å². The number of ether oxygens (including phenoxy) is 1. The molecule has 0 aliphatic carbocycles. The molecule has 0 saturated carbocycles. The summed E-state index contributed by atoms with van der Waals surface area (Å²) in [5, 5.41) is 3.00. The van der Waals surface area contributed by atoms with E-state index in [-0.39, 0.29) is 6.61 Å². The molecule has 1 unspecified atom stereocenters. The maximum absolute atomic E-state index is 13.2. The van der Waals surface area contributed by atoms with Crippen LogP contribution in [0.4, 0.5) is 22.0 Å². The minimum atomic E-state index is -4.18. The van der Waals surface area contributed by atoms with Gasteiger partial charge in [-0.1, -0.05) is 19.1 Å². The van der Waals surface area contributed by atoms with Gasteiger partial charge in [-0.25, -0.2) is 13.2 Å². The largest absolute Gasteiger partial charge is 0.373 e. The standard InChI is InChI=1S/C14H18F5NO/c1-2-6-20-12(10-4-3-5-11(15)7-10)8-21-9-14(18,19)13(16)17/h3-5,7,12-13,20H,2,6,8-9H2,1H3. The number of nitrogens with one attached hydrogen (secondary N) is 1. The summed E-state index contributed by atoms with van der Waals surface area (Å²) < 4.78 is 67.4. The molecule has 2 nitrogen and oxygen atoms in total. The average Bonchev–Trinajstić information content (AvgIpc) is 2.42. The quantitative estimate of drug-likeness (QED) is 0.701. The van der Waals surface area contributed by atoms with Crippen LogP contribution in [-0.2, 0) is 4.74 Å². The van der Waals surface area contributed by atoms with Crippen LogP contribution in [0.25, 0.3) is 0 Å². The highest BCUT2D eigenvalue weighted by Crippen LogP contribution is 2.24. The van der Waals surface area contributed by atoms with Gasteiger partial charge in [0.1, 0.15) is 12.4 Å². The molecule has 0 aliphatic rings. The van der Waals surface area contributed by atoms with E-state index in [0.29, 0.717) is 12.1 Å². The SMILES string of the molecule is CCCNC(COCC(F)(F)C(F)F)c1cccc(F)c1. The first-order valence-electron chi connectivity index (χ1n) is 6.59. The molecular weight excluding hydrogens is 293 g/mol. The molecule has 1 aromatic rings. The lowest BCUT2D eigenvalue weighted by Gasteiger charge is -2.21. The summed E-state index contributed by atoms with van der Waals surface area (Å²) in [5.74, 6) is -4.65. The molecule has 120 valence electrons. The molecule has 1 atom stereocenters. The van der Waals surface area contributed by atoms with Crippen LogP contribution >= 0.6 is 0 Å². The number of halogens is 5. The first-order chi connectivity index (χ1) is 9.86. The van der Waals surface area contributed by atoms with E-state index in [1.807, 2.05) is 6.92 Å². The number of hydrogen-bond acceptors (Lipinski definition) is 2. The van der Waals surface area contributed by atoms with Gasteiger partial charge in [-0.15, -0.1) is 0 Å². The summed E-state index contributed by atoms with van der Waals surface area (Å²) in [4.78, 5) is 0. The highest BCUT2D eigenvalue weighted by Gasteiger charge is 2.41. The van der Waals surface area contributed by atoms with Gasteiger partial charge < -0.3 is 10.1 Å². The van der Waals surface area contributed by atoms with Crippen molar-refractivity contribution in [3.8, 4) is 0 Å². The molecule has 1 N–H and O–H groups in total. The lowest BCUT2D eigenvalue weighted by Crippen LogP contribution is -2.34. The van der Waals surface area contributed by atoms with Crippen LogP contribution in [0.3, 0.4) is 0 Å². The summed E-state index contributed by atoms with van der Waals surface area (Å²) in [6.07, 6.45) is -2.99.